The van der Waals surface area contributed by atoms with E-state index < -0.39 is 0 Å². The SMILES string of the molecule is CCCNC(C)c1cc(F)c(C)cc1Sc1nccs1. The second-order valence-corrected chi connectivity index (χ2v) is 6.90. The van der Waals surface area contributed by atoms with Crippen LogP contribution in [-0.2, 0) is 0 Å². The molecule has 0 spiro atoms. The average molecular weight is 310 g/mol. The Bertz CT molecular complexity index is 555. The molecule has 5 heteroatoms. The van der Waals surface area contributed by atoms with Gasteiger partial charge in [-0.2, -0.15) is 0 Å². The molecule has 1 aromatic heterocycles. The van der Waals surface area contributed by atoms with Crippen LogP contribution in [0.2, 0.25) is 0 Å². The van der Waals surface area contributed by atoms with Gasteiger partial charge in [0.2, 0.25) is 0 Å². The molecule has 2 aromatic rings. The Morgan fingerprint density at radius 2 is 2.25 bits per heavy atom. The largest absolute Gasteiger partial charge is 0.310 e. The van der Waals surface area contributed by atoms with Crippen LogP contribution in [0.4, 0.5) is 4.39 Å². The first-order valence-corrected chi connectivity index (χ1v) is 8.42. The summed E-state index contributed by atoms with van der Waals surface area (Å²) in [5, 5.41) is 5.37. The number of halogens is 1. The smallest absolute Gasteiger partial charge is 0.154 e. The highest BCUT2D eigenvalue weighted by Crippen LogP contribution is 2.35. The van der Waals surface area contributed by atoms with Crippen LogP contribution >= 0.6 is 23.1 Å². The highest BCUT2D eigenvalue weighted by atomic mass is 32.2. The zero-order chi connectivity index (χ0) is 14.5. The normalized spacial score (nSPS) is 12.6. The van der Waals surface area contributed by atoms with Crippen LogP contribution in [0.3, 0.4) is 0 Å². The van der Waals surface area contributed by atoms with Gasteiger partial charge in [0, 0.05) is 22.5 Å². The van der Waals surface area contributed by atoms with Crippen LogP contribution < -0.4 is 5.32 Å². The Labute approximate surface area is 127 Å². The van der Waals surface area contributed by atoms with E-state index in [9.17, 15) is 4.39 Å². The number of aromatic nitrogens is 1. The number of aryl methyl sites for hydroxylation is 1. The van der Waals surface area contributed by atoms with Crippen molar-refractivity contribution in [1.82, 2.24) is 10.3 Å². The van der Waals surface area contributed by atoms with E-state index in [2.05, 4.69) is 24.1 Å². The van der Waals surface area contributed by atoms with Gasteiger partial charge in [0.25, 0.3) is 0 Å². The van der Waals surface area contributed by atoms with E-state index in [1.807, 2.05) is 11.4 Å². The van der Waals surface area contributed by atoms with Crippen molar-refractivity contribution in [2.75, 3.05) is 6.54 Å². The summed E-state index contributed by atoms with van der Waals surface area (Å²) >= 11 is 3.21. The van der Waals surface area contributed by atoms with Gasteiger partial charge in [-0.3, -0.25) is 0 Å². The first-order chi connectivity index (χ1) is 9.61. The molecule has 0 bridgehead atoms. The summed E-state index contributed by atoms with van der Waals surface area (Å²) in [6.45, 7) is 6.93. The Balaban J connectivity index is 2.30. The molecular weight excluding hydrogens is 291 g/mol. The van der Waals surface area contributed by atoms with Crippen molar-refractivity contribution in [3.05, 3.63) is 40.7 Å². The van der Waals surface area contributed by atoms with Crippen molar-refractivity contribution in [1.29, 1.82) is 0 Å². The third-order valence-corrected chi connectivity index (χ3v) is 5.02. The Morgan fingerprint density at radius 1 is 1.45 bits per heavy atom. The minimum Gasteiger partial charge on any atom is -0.310 e. The zero-order valence-electron chi connectivity index (χ0n) is 11.9. The second-order valence-electron chi connectivity index (χ2n) is 4.72. The molecule has 0 fully saturated rings. The number of nitrogens with zero attached hydrogens (tertiary/aromatic N) is 1. The van der Waals surface area contributed by atoms with Crippen molar-refractivity contribution < 1.29 is 4.39 Å². The van der Waals surface area contributed by atoms with Gasteiger partial charge in [-0.15, -0.1) is 11.3 Å². The summed E-state index contributed by atoms with van der Waals surface area (Å²) in [7, 11) is 0. The average Bonchev–Trinajstić information content (AvgIpc) is 2.92. The standard InChI is InChI=1S/C15H19FN2S2/c1-4-5-17-11(3)12-9-13(16)10(2)8-14(12)20-15-18-6-7-19-15/h6-9,11,17H,4-5H2,1-3H3. The van der Waals surface area contributed by atoms with E-state index in [1.165, 1.54) is 0 Å². The maximum Gasteiger partial charge on any atom is 0.154 e. The van der Waals surface area contributed by atoms with Crippen molar-refractivity contribution in [2.45, 2.75) is 42.5 Å². The molecule has 1 unspecified atom stereocenters. The molecular formula is C15H19FN2S2. The van der Waals surface area contributed by atoms with Crippen molar-refractivity contribution in [2.24, 2.45) is 0 Å². The van der Waals surface area contributed by atoms with Gasteiger partial charge in [0.1, 0.15) is 5.82 Å². The van der Waals surface area contributed by atoms with Gasteiger partial charge in [-0.25, -0.2) is 9.37 Å². The van der Waals surface area contributed by atoms with E-state index in [4.69, 9.17) is 0 Å². The lowest BCUT2D eigenvalue weighted by molar-refractivity contribution is 0.552. The molecule has 2 rings (SSSR count). The van der Waals surface area contributed by atoms with E-state index in [0.717, 1.165) is 27.8 Å². The molecule has 0 aliphatic heterocycles. The molecule has 0 amide bonds. The van der Waals surface area contributed by atoms with Gasteiger partial charge in [0.15, 0.2) is 4.34 Å². The summed E-state index contributed by atoms with van der Waals surface area (Å²) in [4.78, 5) is 5.37. The van der Waals surface area contributed by atoms with Gasteiger partial charge in [0.05, 0.1) is 0 Å². The van der Waals surface area contributed by atoms with E-state index in [-0.39, 0.29) is 11.9 Å². The summed E-state index contributed by atoms with van der Waals surface area (Å²) in [6.07, 6.45) is 2.86. The zero-order valence-corrected chi connectivity index (χ0v) is 13.6. The van der Waals surface area contributed by atoms with Crippen LogP contribution in [0.1, 0.15) is 37.4 Å². The third-order valence-electron chi connectivity index (χ3n) is 3.07. The first kappa shape index (κ1) is 15.5. The highest BCUT2D eigenvalue weighted by molar-refractivity contribution is 8.01. The Hall–Kier alpha value is -0.910. The Kier molecular flexibility index (Phi) is 5.57. The molecule has 1 aromatic carbocycles. The number of thiazole rings is 1. The van der Waals surface area contributed by atoms with Crippen molar-refractivity contribution in [3.63, 3.8) is 0 Å². The fourth-order valence-corrected chi connectivity index (χ4v) is 3.80. The molecule has 0 aliphatic carbocycles. The van der Waals surface area contributed by atoms with Crippen LogP contribution in [-0.4, -0.2) is 11.5 Å². The highest BCUT2D eigenvalue weighted by Gasteiger charge is 2.15. The predicted octanol–water partition coefficient (Wildman–Crippen LogP) is 4.80. The maximum absolute atomic E-state index is 13.9. The second kappa shape index (κ2) is 7.20. The van der Waals surface area contributed by atoms with E-state index in [1.54, 1.807) is 42.3 Å². The summed E-state index contributed by atoms with van der Waals surface area (Å²) < 4.78 is 14.9. The minimum atomic E-state index is -0.145. The number of nitrogens with one attached hydrogen (secondary N) is 1. The van der Waals surface area contributed by atoms with Crippen molar-refractivity contribution >= 4 is 23.1 Å². The minimum absolute atomic E-state index is 0.132. The molecule has 1 atom stereocenters. The van der Waals surface area contributed by atoms with Crippen molar-refractivity contribution in [3.8, 4) is 0 Å². The number of hydrogen-bond donors (Lipinski definition) is 1. The molecule has 1 N–H and O–H groups in total. The van der Waals surface area contributed by atoms with Crippen LogP contribution in [0, 0.1) is 12.7 Å². The Morgan fingerprint density at radius 3 is 2.90 bits per heavy atom. The fourth-order valence-electron chi connectivity index (χ4n) is 1.92. The molecule has 1 heterocycles. The number of benzene rings is 1. The molecule has 0 saturated carbocycles. The van der Waals surface area contributed by atoms with Gasteiger partial charge < -0.3 is 5.32 Å². The number of rotatable bonds is 6. The number of hydrogen-bond acceptors (Lipinski definition) is 4. The van der Waals surface area contributed by atoms with Crippen LogP contribution in [0.25, 0.3) is 0 Å². The van der Waals surface area contributed by atoms with Gasteiger partial charge in [-0.05, 0) is 50.1 Å². The summed E-state index contributed by atoms with van der Waals surface area (Å²) in [5.41, 5.74) is 1.68. The monoisotopic (exact) mass is 310 g/mol. The van der Waals surface area contributed by atoms with Crippen LogP contribution in [0.15, 0.2) is 32.9 Å². The lowest BCUT2D eigenvalue weighted by atomic mass is 10.1. The lowest BCUT2D eigenvalue weighted by Crippen LogP contribution is -2.20. The van der Waals surface area contributed by atoms with E-state index >= 15 is 0 Å². The van der Waals surface area contributed by atoms with Crippen LogP contribution in [0.5, 0.6) is 0 Å². The lowest BCUT2D eigenvalue weighted by Gasteiger charge is -2.18. The molecule has 20 heavy (non-hydrogen) atoms. The van der Waals surface area contributed by atoms with E-state index in [0.29, 0.717) is 5.56 Å². The first-order valence-electron chi connectivity index (χ1n) is 6.72. The predicted molar refractivity (Wildman–Crippen MR) is 84.1 cm³/mol. The fraction of sp³-hybridized carbons (Fsp3) is 0.400. The van der Waals surface area contributed by atoms with Gasteiger partial charge >= 0.3 is 0 Å². The molecule has 0 aliphatic rings. The molecule has 0 saturated heterocycles. The summed E-state index contributed by atoms with van der Waals surface area (Å²) in [6, 6.07) is 3.70. The molecule has 2 nitrogen and oxygen atoms in total. The third kappa shape index (κ3) is 3.81. The topological polar surface area (TPSA) is 24.9 Å². The summed E-state index contributed by atoms with van der Waals surface area (Å²) in [5.74, 6) is -0.145. The van der Waals surface area contributed by atoms with Gasteiger partial charge in [-0.1, -0.05) is 18.7 Å². The molecule has 0 radical (unpaired) electrons. The maximum atomic E-state index is 13.9. The quantitative estimate of drug-likeness (QED) is 0.829. The molecule has 108 valence electrons.